The van der Waals surface area contributed by atoms with Gasteiger partial charge in [0.2, 0.25) is 5.91 Å². The molecular weight excluding hydrogens is 566 g/mol. The van der Waals surface area contributed by atoms with Gasteiger partial charge in [-0.1, -0.05) is 18.7 Å². The summed E-state index contributed by atoms with van der Waals surface area (Å²) in [6.45, 7) is 12.9. The Morgan fingerprint density at radius 1 is 1.16 bits per heavy atom. The molecule has 2 fully saturated rings. The average Bonchev–Trinajstić information content (AvgIpc) is 3.38. The van der Waals surface area contributed by atoms with Gasteiger partial charge in [0.1, 0.15) is 6.04 Å². The van der Waals surface area contributed by atoms with Crippen LogP contribution < -0.4 is 16.4 Å². The van der Waals surface area contributed by atoms with Gasteiger partial charge in [0.05, 0.1) is 11.5 Å². The van der Waals surface area contributed by atoms with Crippen LogP contribution in [0.1, 0.15) is 95.8 Å². The molecule has 0 spiro atoms. The molecule has 2 aromatic carbocycles. The first-order valence-corrected chi connectivity index (χ1v) is 15.6. The minimum absolute atomic E-state index is 0.0523. The van der Waals surface area contributed by atoms with Gasteiger partial charge in [0.25, 0.3) is 5.91 Å². The average molecular weight is 608 g/mol. The summed E-state index contributed by atoms with van der Waals surface area (Å²) >= 11 is 0. The van der Waals surface area contributed by atoms with E-state index in [-0.39, 0.29) is 23.5 Å². The van der Waals surface area contributed by atoms with Crippen molar-refractivity contribution < 1.29 is 9.59 Å². The van der Waals surface area contributed by atoms with Gasteiger partial charge in [-0.15, -0.1) is 5.10 Å². The number of amides is 2. The van der Waals surface area contributed by atoms with Crippen LogP contribution in [0.3, 0.4) is 0 Å². The minimum Gasteiger partial charge on any atom is -0.366 e. The predicted molar refractivity (Wildman–Crippen MR) is 169 cm³/mol. The molecule has 5 N–H and O–H groups in total. The summed E-state index contributed by atoms with van der Waals surface area (Å²) in [6.07, 6.45) is 3.90. The van der Waals surface area contributed by atoms with E-state index in [0.717, 1.165) is 40.8 Å². The highest BCUT2D eigenvalue weighted by Crippen LogP contribution is 2.49. The first-order chi connectivity index (χ1) is 21.4. The second-order valence-electron chi connectivity index (χ2n) is 13.9. The SMILES string of the molecule is C=C(CN[C@@H](C)CC1(c2nnn[nH]2)c2ccc(C(N)=O)cc2CCc2cc(C(=O)NC(C)(C)C)ccc21)N1C(C#N)C[C@@H]2C[C@@H]21. The fourth-order valence-corrected chi connectivity index (χ4v) is 7.41. The molecule has 1 saturated heterocycles. The number of nitrogens with two attached hydrogens (primary N) is 1. The number of nitriles is 1. The van der Waals surface area contributed by atoms with Crippen LogP contribution in [0.5, 0.6) is 0 Å². The van der Waals surface area contributed by atoms with Crippen molar-refractivity contribution in [2.24, 2.45) is 11.7 Å². The van der Waals surface area contributed by atoms with Crippen LogP contribution in [0.4, 0.5) is 0 Å². The van der Waals surface area contributed by atoms with Crippen LogP contribution in [0, 0.1) is 17.2 Å². The lowest BCUT2D eigenvalue weighted by Gasteiger charge is -2.37. The summed E-state index contributed by atoms with van der Waals surface area (Å²) in [6, 6.07) is 14.2. The summed E-state index contributed by atoms with van der Waals surface area (Å²) < 4.78 is 0. The molecular formula is C34H41N9O2. The van der Waals surface area contributed by atoms with E-state index >= 15 is 0 Å². The number of hydrogen-bond acceptors (Lipinski definition) is 8. The van der Waals surface area contributed by atoms with E-state index in [9.17, 15) is 14.9 Å². The third kappa shape index (κ3) is 5.71. The van der Waals surface area contributed by atoms with Crippen molar-refractivity contribution in [3.63, 3.8) is 0 Å². The zero-order valence-electron chi connectivity index (χ0n) is 26.4. The van der Waals surface area contributed by atoms with E-state index in [2.05, 4.69) is 55.7 Å². The van der Waals surface area contributed by atoms with Crippen LogP contribution in [0.15, 0.2) is 48.7 Å². The van der Waals surface area contributed by atoms with Gasteiger partial charge in [0, 0.05) is 41.0 Å². The number of hydrogen-bond donors (Lipinski definition) is 4. The van der Waals surface area contributed by atoms with Gasteiger partial charge in [0.15, 0.2) is 5.82 Å². The maximum atomic E-state index is 13.2. The maximum absolute atomic E-state index is 13.2. The van der Waals surface area contributed by atoms with Crippen molar-refractivity contribution in [3.8, 4) is 6.07 Å². The number of nitrogens with one attached hydrogen (secondary N) is 3. The second-order valence-corrected chi connectivity index (χ2v) is 13.9. The normalized spacial score (nSPS) is 24.0. The fourth-order valence-electron chi connectivity index (χ4n) is 7.41. The number of nitrogens with zero attached hydrogens (tertiary/aromatic N) is 5. The quantitative estimate of drug-likeness (QED) is 0.288. The molecule has 45 heavy (non-hydrogen) atoms. The molecule has 2 unspecified atom stereocenters. The summed E-state index contributed by atoms with van der Waals surface area (Å²) in [5.74, 6) is 0.546. The number of carbonyl (C=O) groups excluding carboxylic acids is 2. The summed E-state index contributed by atoms with van der Waals surface area (Å²) in [5.41, 5.74) is 10.4. The third-order valence-corrected chi connectivity index (χ3v) is 9.46. The Balaban J connectivity index is 1.40. The molecule has 3 aromatic rings. The molecule has 0 radical (unpaired) electrons. The van der Waals surface area contributed by atoms with E-state index in [0.29, 0.717) is 54.7 Å². The monoisotopic (exact) mass is 607 g/mol. The number of piperidine rings is 1. The van der Waals surface area contributed by atoms with Gasteiger partial charge in [-0.05, 0) is 123 Å². The van der Waals surface area contributed by atoms with Gasteiger partial charge in [-0.3, -0.25) is 9.59 Å². The third-order valence-electron chi connectivity index (χ3n) is 9.46. The van der Waals surface area contributed by atoms with Gasteiger partial charge in [-0.25, -0.2) is 5.10 Å². The number of H-pyrrole nitrogens is 1. The largest absolute Gasteiger partial charge is 0.366 e. The molecule has 3 aliphatic rings. The molecule has 2 amide bonds. The van der Waals surface area contributed by atoms with Crippen LogP contribution >= 0.6 is 0 Å². The number of aromatic amines is 1. The van der Waals surface area contributed by atoms with E-state index in [4.69, 9.17) is 5.73 Å². The van der Waals surface area contributed by atoms with Crippen LogP contribution in [0.2, 0.25) is 0 Å². The molecule has 1 saturated carbocycles. The van der Waals surface area contributed by atoms with Crippen LogP contribution in [0.25, 0.3) is 0 Å². The van der Waals surface area contributed by atoms with Crippen molar-refractivity contribution >= 4 is 11.8 Å². The molecule has 2 heterocycles. The number of carbonyl (C=O) groups is 2. The smallest absolute Gasteiger partial charge is 0.251 e. The number of aryl methyl sites for hydroxylation is 2. The number of rotatable bonds is 9. The Kier molecular flexibility index (Phi) is 7.73. The molecule has 6 rings (SSSR count). The zero-order chi connectivity index (χ0) is 32.1. The standard InChI is InChI=1S/C34H41N9O2/c1-19(37-18-20(2)43-26(17-35)14-25-15-29(25)43)16-34(32-39-41-42-40-32)27-10-8-23(30(36)44)12-21(27)6-7-22-13-24(9-11-28(22)34)31(45)38-33(3,4)5/h8-13,19,25-26,29,37H,2,6-7,14-16,18H2,1,3-5H3,(H2,36,44)(H,38,45)(H,39,40,41,42)/t19-,25+,26?,29-,34?/m0/s1. The maximum Gasteiger partial charge on any atom is 0.251 e. The number of benzene rings is 2. The lowest BCUT2D eigenvalue weighted by molar-refractivity contribution is 0.0918. The highest BCUT2D eigenvalue weighted by atomic mass is 16.2. The summed E-state index contributed by atoms with van der Waals surface area (Å²) in [5, 5.41) is 32.0. The van der Waals surface area contributed by atoms with Crippen molar-refractivity contribution in [3.05, 3.63) is 87.9 Å². The van der Waals surface area contributed by atoms with Gasteiger partial charge >= 0.3 is 0 Å². The van der Waals surface area contributed by atoms with Crippen molar-refractivity contribution in [1.82, 2.24) is 36.2 Å². The number of aromatic nitrogens is 4. The molecule has 1 aromatic heterocycles. The first kappa shape index (κ1) is 30.5. The van der Waals surface area contributed by atoms with E-state index in [1.165, 1.54) is 0 Å². The Hall–Kier alpha value is -4.56. The first-order valence-electron chi connectivity index (χ1n) is 15.6. The molecule has 1 aliphatic heterocycles. The van der Waals surface area contributed by atoms with Crippen molar-refractivity contribution in [2.45, 2.75) is 88.9 Å². The molecule has 11 heteroatoms. The summed E-state index contributed by atoms with van der Waals surface area (Å²) in [7, 11) is 0. The molecule has 2 aliphatic carbocycles. The Bertz CT molecular complexity index is 1690. The molecule has 5 atom stereocenters. The Morgan fingerprint density at radius 3 is 2.42 bits per heavy atom. The lowest BCUT2D eigenvalue weighted by Crippen LogP contribution is -2.43. The summed E-state index contributed by atoms with van der Waals surface area (Å²) in [4.78, 5) is 27.6. The van der Waals surface area contributed by atoms with Crippen LogP contribution in [-0.2, 0) is 18.3 Å². The topological polar surface area (TPSA) is 166 Å². The van der Waals surface area contributed by atoms with Gasteiger partial charge in [-0.2, -0.15) is 5.26 Å². The van der Waals surface area contributed by atoms with Gasteiger partial charge < -0.3 is 21.3 Å². The van der Waals surface area contributed by atoms with Crippen LogP contribution in [-0.4, -0.2) is 67.5 Å². The van der Waals surface area contributed by atoms with Crippen molar-refractivity contribution in [2.75, 3.05) is 6.54 Å². The lowest BCUT2D eigenvalue weighted by atomic mass is 9.67. The number of likely N-dealkylation sites (tertiary alicyclic amines) is 1. The molecule has 234 valence electrons. The second kappa shape index (κ2) is 11.4. The predicted octanol–water partition coefficient (Wildman–Crippen LogP) is 3.13. The van der Waals surface area contributed by atoms with Crippen molar-refractivity contribution in [1.29, 1.82) is 5.26 Å². The molecule has 11 nitrogen and oxygen atoms in total. The van der Waals surface area contributed by atoms with E-state index in [1.54, 1.807) is 6.07 Å². The highest BCUT2D eigenvalue weighted by molar-refractivity contribution is 5.95. The van der Waals surface area contributed by atoms with E-state index in [1.807, 2.05) is 51.1 Å². The number of tetrazole rings is 1. The Morgan fingerprint density at radius 2 is 1.82 bits per heavy atom. The number of primary amides is 1. The molecule has 0 bridgehead atoms. The minimum atomic E-state index is -0.835. The van der Waals surface area contributed by atoms with E-state index < -0.39 is 11.3 Å². The highest BCUT2D eigenvalue weighted by Gasteiger charge is 2.52. The number of fused-ring (bicyclic) bond motifs is 3. The zero-order valence-corrected chi connectivity index (χ0v) is 26.4. The Labute approximate surface area is 263 Å². The fraction of sp³-hybridized carbons (Fsp3) is 0.471.